The number of hydrogen-bond donors (Lipinski definition) is 2. The first-order chi connectivity index (χ1) is 11.7. The number of ether oxygens (including phenoxy) is 1. The van der Waals surface area contributed by atoms with Gasteiger partial charge < -0.3 is 19.9 Å². The fourth-order valence-corrected chi connectivity index (χ4v) is 3.33. The highest BCUT2D eigenvalue weighted by Crippen LogP contribution is 2.15. The first-order valence-electron chi connectivity index (χ1n) is 8.32. The van der Waals surface area contributed by atoms with Crippen molar-refractivity contribution in [3.63, 3.8) is 0 Å². The molecular weight excluding hydrogens is 451 g/mol. The first-order valence-corrected chi connectivity index (χ1v) is 9.19. The van der Waals surface area contributed by atoms with Crippen LogP contribution >= 0.6 is 35.3 Å². The van der Waals surface area contributed by atoms with E-state index in [2.05, 4.69) is 45.2 Å². The number of aromatic nitrogens is 1. The van der Waals surface area contributed by atoms with Crippen LogP contribution in [0.15, 0.2) is 33.1 Å². The number of aryl methyl sites for hydroxylation is 1. The zero-order valence-electron chi connectivity index (χ0n) is 14.5. The Bertz CT molecular complexity index is 653. The van der Waals surface area contributed by atoms with E-state index in [0.29, 0.717) is 6.54 Å². The van der Waals surface area contributed by atoms with E-state index < -0.39 is 0 Å². The monoisotopic (exact) mass is 476 g/mol. The summed E-state index contributed by atoms with van der Waals surface area (Å²) in [6.45, 7) is 6.10. The lowest BCUT2D eigenvalue weighted by atomic mass is 10.1. The lowest BCUT2D eigenvalue weighted by molar-refractivity contribution is 0.0890. The highest BCUT2D eigenvalue weighted by molar-refractivity contribution is 14.0. The molecule has 2 atom stereocenters. The van der Waals surface area contributed by atoms with Gasteiger partial charge in [-0.2, -0.15) is 0 Å². The maximum Gasteiger partial charge on any atom is 0.192 e. The van der Waals surface area contributed by atoms with E-state index >= 15 is 0 Å². The van der Waals surface area contributed by atoms with E-state index in [1.165, 1.54) is 4.88 Å². The maximum absolute atomic E-state index is 5.76. The molecule has 0 aromatic carbocycles. The van der Waals surface area contributed by atoms with Gasteiger partial charge in [-0.05, 0) is 38.1 Å². The number of nitrogens with zero attached hydrogens (tertiary/aromatic N) is 2. The molecular formula is C17H25IN4O2S. The molecule has 2 aromatic heterocycles. The number of guanidine groups is 1. The van der Waals surface area contributed by atoms with Crippen molar-refractivity contribution in [2.45, 2.75) is 51.9 Å². The van der Waals surface area contributed by atoms with E-state index in [1.54, 1.807) is 11.3 Å². The Morgan fingerprint density at radius 1 is 1.52 bits per heavy atom. The fraction of sp³-hybridized carbons (Fsp3) is 0.529. The normalized spacial score (nSPS) is 18.6. The van der Waals surface area contributed by atoms with E-state index in [-0.39, 0.29) is 36.1 Å². The molecule has 2 aromatic rings. The average molecular weight is 476 g/mol. The average Bonchev–Trinajstić information content (AvgIpc) is 3.31. The fourth-order valence-electron chi connectivity index (χ4n) is 2.69. The Kier molecular flexibility index (Phi) is 8.17. The molecule has 0 bridgehead atoms. The van der Waals surface area contributed by atoms with Crippen LogP contribution in [0, 0.1) is 6.92 Å². The zero-order chi connectivity index (χ0) is 16.8. The highest BCUT2D eigenvalue weighted by Gasteiger charge is 2.23. The number of nitrogens with one attached hydrogen (secondary N) is 2. The Hall–Kier alpha value is -1.13. The van der Waals surface area contributed by atoms with Crippen molar-refractivity contribution in [3.05, 3.63) is 39.9 Å². The molecule has 0 amide bonds. The van der Waals surface area contributed by atoms with Crippen molar-refractivity contribution in [1.82, 2.24) is 15.8 Å². The second-order valence-electron chi connectivity index (χ2n) is 6.02. The molecule has 138 valence electrons. The Balaban J connectivity index is 0.00000225. The van der Waals surface area contributed by atoms with E-state index in [9.17, 15) is 0 Å². The number of rotatable bonds is 6. The molecule has 1 saturated heterocycles. The van der Waals surface area contributed by atoms with Gasteiger partial charge in [-0.15, -0.1) is 35.3 Å². The zero-order valence-corrected chi connectivity index (χ0v) is 17.7. The molecule has 25 heavy (non-hydrogen) atoms. The van der Waals surface area contributed by atoms with Gasteiger partial charge in [0, 0.05) is 17.6 Å². The molecule has 0 spiro atoms. The molecule has 1 fully saturated rings. The number of thiophene rings is 1. The van der Waals surface area contributed by atoms with Crippen molar-refractivity contribution in [2.75, 3.05) is 6.61 Å². The second-order valence-corrected chi connectivity index (χ2v) is 7.05. The summed E-state index contributed by atoms with van der Waals surface area (Å²) in [5.74, 6) is 1.52. The summed E-state index contributed by atoms with van der Waals surface area (Å²) in [5.41, 5.74) is 0.869. The van der Waals surface area contributed by atoms with Crippen molar-refractivity contribution in [3.8, 4) is 0 Å². The molecule has 2 unspecified atom stereocenters. The van der Waals surface area contributed by atoms with Gasteiger partial charge in [0.25, 0.3) is 0 Å². The third-order valence-corrected chi connectivity index (χ3v) is 4.84. The lowest BCUT2D eigenvalue weighted by Crippen LogP contribution is -2.46. The van der Waals surface area contributed by atoms with Gasteiger partial charge >= 0.3 is 0 Å². The number of aliphatic imine (C=N–C) groups is 1. The summed E-state index contributed by atoms with van der Waals surface area (Å²) >= 11 is 1.73. The van der Waals surface area contributed by atoms with Crippen molar-refractivity contribution >= 4 is 41.3 Å². The predicted molar refractivity (Wildman–Crippen MR) is 111 cm³/mol. The van der Waals surface area contributed by atoms with Gasteiger partial charge in [-0.1, -0.05) is 11.2 Å². The van der Waals surface area contributed by atoms with E-state index in [4.69, 9.17) is 9.26 Å². The quantitative estimate of drug-likeness (QED) is 0.380. The van der Waals surface area contributed by atoms with Crippen LogP contribution < -0.4 is 10.6 Å². The minimum atomic E-state index is 0. The molecule has 3 rings (SSSR count). The third kappa shape index (κ3) is 6.27. The second kappa shape index (κ2) is 10.1. The van der Waals surface area contributed by atoms with Crippen LogP contribution in [0.1, 0.15) is 36.1 Å². The van der Waals surface area contributed by atoms with E-state index in [0.717, 1.165) is 43.4 Å². The lowest BCUT2D eigenvalue weighted by Gasteiger charge is -2.22. The van der Waals surface area contributed by atoms with Crippen LogP contribution in [-0.2, 0) is 17.8 Å². The number of hydrogen-bond acceptors (Lipinski definition) is 5. The summed E-state index contributed by atoms with van der Waals surface area (Å²) in [7, 11) is 0. The van der Waals surface area contributed by atoms with Gasteiger partial charge in [0.1, 0.15) is 6.54 Å². The summed E-state index contributed by atoms with van der Waals surface area (Å²) in [6.07, 6.45) is 2.46. The maximum atomic E-state index is 5.76. The van der Waals surface area contributed by atoms with Crippen molar-refractivity contribution < 1.29 is 9.26 Å². The SMILES string of the molecule is Cc1cc(CN=C(NCc2cccs2)NC(C)C2CCCO2)on1.I. The number of halogens is 1. The van der Waals surface area contributed by atoms with Gasteiger partial charge in [-0.3, -0.25) is 0 Å². The smallest absolute Gasteiger partial charge is 0.192 e. The minimum absolute atomic E-state index is 0. The topological polar surface area (TPSA) is 71.7 Å². The van der Waals surface area contributed by atoms with Crippen LogP contribution in [0.25, 0.3) is 0 Å². The highest BCUT2D eigenvalue weighted by atomic mass is 127. The molecule has 1 aliphatic heterocycles. The largest absolute Gasteiger partial charge is 0.376 e. The molecule has 8 heteroatoms. The molecule has 2 N–H and O–H groups in total. The molecule has 0 radical (unpaired) electrons. The van der Waals surface area contributed by atoms with Crippen LogP contribution in [0.2, 0.25) is 0 Å². The van der Waals surface area contributed by atoms with Gasteiger partial charge in [-0.25, -0.2) is 4.99 Å². The van der Waals surface area contributed by atoms with E-state index in [1.807, 2.05) is 13.0 Å². The standard InChI is InChI=1S/C17H24N4O2S.HI/c1-12-9-14(23-21-12)10-18-17(19-11-15-5-4-8-24-15)20-13(2)16-6-3-7-22-16;/h4-5,8-9,13,16H,3,6-7,10-11H2,1-2H3,(H2,18,19,20);1H. The minimum Gasteiger partial charge on any atom is -0.376 e. The summed E-state index contributed by atoms with van der Waals surface area (Å²) in [5, 5.41) is 12.8. The molecule has 1 aliphatic rings. The van der Waals surface area contributed by atoms with Gasteiger partial charge in [0.2, 0.25) is 0 Å². The Labute approximate surface area is 169 Å². The summed E-state index contributed by atoms with van der Waals surface area (Å²) in [4.78, 5) is 5.90. The molecule has 0 aliphatic carbocycles. The predicted octanol–water partition coefficient (Wildman–Crippen LogP) is 3.47. The summed E-state index contributed by atoms with van der Waals surface area (Å²) in [6, 6.07) is 6.28. The third-order valence-electron chi connectivity index (χ3n) is 3.97. The van der Waals surface area contributed by atoms with Crippen LogP contribution in [0.3, 0.4) is 0 Å². The van der Waals surface area contributed by atoms with Gasteiger partial charge in [0.15, 0.2) is 11.7 Å². The van der Waals surface area contributed by atoms with Crippen LogP contribution in [-0.4, -0.2) is 29.9 Å². The van der Waals surface area contributed by atoms with Crippen LogP contribution in [0.4, 0.5) is 0 Å². The van der Waals surface area contributed by atoms with Crippen molar-refractivity contribution in [2.24, 2.45) is 4.99 Å². The first kappa shape index (κ1) is 20.2. The van der Waals surface area contributed by atoms with Crippen molar-refractivity contribution in [1.29, 1.82) is 0 Å². The molecule has 3 heterocycles. The summed E-state index contributed by atoms with van der Waals surface area (Å²) < 4.78 is 11.0. The van der Waals surface area contributed by atoms with Gasteiger partial charge in [0.05, 0.1) is 24.4 Å². The molecule has 6 nitrogen and oxygen atoms in total. The Morgan fingerprint density at radius 3 is 3.04 bits per heavy atom. The van der Waals surface area contributed by atoms with Crippen LogP contribution in [0.5, 0.6) is 0 Å². The Morgan fingerprint density at radius 2 is 2.40 bits per heavy atom. The molecule has 0 saturated carbocycles.